The number of H-pyrrole nitrogens is 1. The number of aromatic nitrogens is 1. The van der Waals surface area contributed by atoms with E-state index in [1.165, 1.54) is 7.11 Å². The number of esters is 1. The second-order valence-corrected chi connectivity index (χ2v) is 7.18. The highest BCUT2D eigenvalue weighted by Crippen LogP contribution is 2.51. The molecule has 0 aliphatic carbocycles. The van der Waals surface area contributed by atoms with Gasteiger partial charge in [0.1, 0.15) is 0 Å². The predicted octanol–water partition coefficient (Wildman–Crippen LogP) is 3.22. The van der Waals surface area contributed by atoms with Gasteiger partial charge >= 0.3 is 5.97 Å². The van der Waals surface area contributed by atoms with E-state index in [2.05, 4.69) is 4.98 Å². The van der Waals surface area contributed by atoms with Gasteiger partial charge < -0.3 is 9.72 Å². The smallest absolute Gasteiger partial charge is 0.338 e. The van der Waals surface area contributed by atoms with Gasteiger partial charge in [0.25, 0.3) is 0 Å². The first-order valence-electron chi connectivity index (χ1n) is 6.76. The lowest BCUT2D eigenvalue weighted by Crippen LogP contribution is -2.34. The van der Waals surface area contributed by atoms with Crippen LogP contribution in [-0.2, 0) is 4.74 Å². The summed E-state index contributed by atoms with van der Waals surface area (Å²) >= 11 is 0. The zero-order chi connectivity index (χ0) is 15.0. The number of aromatic amines is 1. The first-order chi connectivity index (χ1) is 10.0. The van der Waals surface area contributed by atoms with Crippen LogP contribution in [0.25, 0.3) is 10.9 Å². The number of anilines is 1. The van der Waals surface area contributed by atoms with E-state index in [9.17, 15) is 13.9 Å². The zero-order valence-electron chi connectivity index (χ0n) is 11.7. The fourth-order valence-corrected chi connectivity index (χ4v) is 4.37. The fourth-order valence-electron chi connectivity index (χ4n) is 2.67. The number of carbonyl (C=O) groups excluding carboxylic acids is 1. The van der Waals surface area contributed by atoms with Crippen LogP contribution in [0.4, 0.5) is 5.69 Å². The van der Waals surface area contributed by atoms with Gasteiger partial charge in [-0.2, -0.15) is 0 Å². The van der Waals surface area contributed by atoms with Crippen molar-refractivity contribution in [2.45, 2.75) is 12.8 Å². The number of methoxy groups -OCH3 is 1. The van der Waals surface area contributed by atoms with E-state index >= 15 is 0 Å². The quantitative estimate of drug-likeness (QED) is 0.742. The Morgan fingerprint density at radius 3 is 2.90 bits per heavy atom. The lowest BCUT2D eigenvalue weighted by atomic mass is 10.1. The second-order valence-electron chi connectivity index (χ2n) is 5.07. The molecule has 1 saturated heterocycles. The van der Waals surface area contributed by atoms with Gasteiger partial charge in [0.2, 0.25) is 0 Å². The van der Waals surface area contributed by atoms with Gasteiger partial charge in [-0.3, -0.25) is 13.4 Å². The maximum absolute atomic E-state index is 11.8. The molecule has 1 aromatic heterocycles. The number of nitrogens with one attached hydrogen (secondary N) is 1. The van der Waals surface area contributed by atoms with E-state index in [0.717, 1.165) is 23.7 Å². The first-order valence-corrected chi connectivity index (χ1v) is 8.43. The molecular formula is C14H18N2O4S. The maximum atomic E-state index is 11.8. The fraction of sp³-hybridized carbons (Fsp3) is 0.357. The molecule has 1 aliphatic rings. The van der Waals surface area contributed by atoms with Crippen LogP contribution in [0.3, 0.4) is 0 Å². The van der Waals surface area contributed by atoms with Crippen molar-refractivity contribution in [2.75, 3.05) is 23.7 Å². The summed E-state index contributed by atoms with van der Waals surface area (Å²) < 4.78 is 27.0. The number of hydrogen-bond acceptors (Lipinski definition) is 5. The molecule has 7 heteroatoms. The largest absolute Gasteiger partial charge is 0.465 e. The molecule has 1 aliphatic heterocycles. The average Bonchev–Trinajstić information content (AvgIpc) is 2.93. The SMILES string of the molecule is COC(=O)c1cc(N2CCCCS2(O)O)c2cc[nH]c2c1. The molecule has 6 nitrogen and oxygen atoms in total. The van der Waals surface area contributed by atoms with Crippen LogP contribution in [0.2, 0.25) is 0 Å². The lowest BCUT2D eigenvalue weighted by Gasteiger charge is -2.47. The van der Waals surface area contributed by atoms with Crippen molar-refractivity contribution in [1.29, 1.82) is 0 Å². The van der Waals surface area contributed by atoms with Crippen molar-refractivity contribution < 1.29 is 18.6 Å². The minimum atomic E-state index is -2.83. The van der Waals surface area contributed by atoms with Crippen LogP contribution >= 0.6 is 10.8 Å². The minimum absolute atomic E-state index is 0.362. The van der Waals surface area contributed by atoms with Crippen LogP contribution in [-0.4, -0.2) is 39.5 Å². The van der Waals surface area contributed by atoms with Gasteiger partial charge in [-0.1, -0.05) is 0 Å². The molecule has 0 spiro atoms. The third-order valence-corrected chi connectivity index (χ3v) is 5.64. The molecule has 2 heterocycles. The van der Waals surface area contributed by atoms with E-state index in [0.29, 0.717) is 23.5 Å². The summed E-state index contributed by atoms with van der Waals surface area (Å²) in [4.78, 5) is 14.9. The molecule has 0 radical (unpaired) electrons. The molecule has 114 valence electrons. The van der Waals surface area contributed by atoms with E-state index < -0.39 is 16.7 Å². The Morgan fingerprint density at radius 1 is 1.38 bits per heavy atom. The number of ether oxygens (including phenoxy) is 1. The normalized spacial score (nSPS) is 19.5. The number of benzene rings is 1. The Kier molecular flexibility index (Phi) is 3.56. The minimum Gasteiger partial charge on any atom is -0.465 e. The molecule has 3 N–H and O–H groups in total. The number of carbonyl (C=O) groups is 1. The summed E-state index contributed by atoms with van der Waals surface area (Å²) in [6.45, 7) is 0.563. The summed E-state index contributed by atoms with van der Waals surface area (Å²) in [5.41, 5.74) is 1.82. The Labute approximate surface area is 124 Å². The van der Waals surface area contributed by atoms with Crippen molar-refractivity contribution in [3.05, 3.63) is 30.0 Å². The van der Waals surface area contributed by atoms with Gasteiger partial charge in [0.15, 0.2) is 0 Å². The Hall–Kier alpha value is -1.70. The van der Waals surface area contributed by atoms with E-state index in [1.54, 1.807) is 22.6 Å². The molecule has 0 unspecified atom stereocenters. The van der Waals surface area contributed by atoms with Crippen molar-refractivity contribution in [2.24, 2.45) is 0 Å². The molecule has 0 bridgehead atoms. The maximum Gasteiger partial charge on any atom is 0.338 e. The summed E-state index contributed by atoms with van der Waals surface area (Å²) in [5, 5.41) is 0.865. The zero-order valence-corrected chi connectivity index (χ0v) is 12.5. The van der Waals surface area contributed by atoms with E-state index in [4.69, 9.17) is 4.74 Å². The van der Waals surface area contributed by atoms with Crippen LogP contribution in [0.1, 0.15) is 23.2 Å². The standard InChI is InChI=1S/C14H18N2O4S/c1-20-14(17)10-8-12-11(4-5-15-12)13(9-10)16-6-2-3-7-21(16,18)19/h4-5,8-9,15,18-19H,2-3,6-7H2,1H3. The molecule has 21 heavy (non-hydrogen) atoms. The highest BCUT2D eigenvalue weighted by atomic mass is 32.3. The topological polar surface area (TPSA) is 85.8 Å². The third kappa shape index (κ3) is 2.48. The average molecular weight is 310 g/mol. The number of nitrogens with zero attached hydrogens (tertiary/aromatic N) is 1. The van der Waals surface area contributed by atoms with Crippen molar-refractivity contribution in [3.63, 3.8) is 0 Å². The molecular weight excluding hydrogens is 292 g/mol. The molecule has 0 amide bonds. The van der Waals surface area contributed by atoms with Gasteiger partial charge in [-0.25, -0.2) is 4.79 Å². The van der Waals surface area contributed by atoms with Gasteiger partial charge in [0.05, 0.1) is 24.1 Å². The molecule has 1 aromatic carbocycles. The van der Waals surface area contributed by atoms with Crippen molar-refractivity contribution in [1.82, 2.24) is 4.98 Å². The monoisotopic (exact) mass is 310 g/mol. The highest BCUT2D eigenvalue weighted by Gasteiger charge is 2.29. The number of hydrogen-bond donors (Lipinski definition) is 3. The summed E-state index contributed by atoms with van der Waals surface area (Å²) in [7, 11) is -1.50. The van der Waals surface area contributed by atoms with E-state index in [-0.39, 0.29) is 0 Å². The summed E-state index contributed by atoms with van der Waals surface area (Å²) in [6, 6.07) is 5.25. The van der Waals surface area contributed by atoms with Crippen LogP contribution < -0.4 is 4.31 Å². The summed E-state index contributed by atoms with van der Waals surface area (Å²) in [6.07, 6.45) is 3.46. The first kappa shape index (κ1) is 14.2. The highest BCUT2D eigenvalue weighted by molar-refractivity contribution is 8.25. The van der Waals surface area contributed by atoms with Gasteiger partial charge in [0, 0.05) is 23.6 Å². The lowest BCUT2D eigenvalue weighted by molar-refractivity contribution is 0.0601. The van der Waals surface area contributed by atoms with E-state index in [1.807, 2.05) is 6.07 Å². The van der Waals surface area contributed by atoms with Crippen LogP contribution in [0, 0.1) is 0 Å². The predicted molar refractivity (Wildman–Crippen MR) is 83.9 cm³/mol. The molecule has 0 saturated carbocycles. The number of fused-ring (bicyclic) bond motifs is 1. The Bertz CT molecular complexity index is 683. The molecule has 3 rings (SSSR count). The van der Waals surface area contributed by atoms with Crippen molar-refractivity contribution >= 4 is 33.3 Å². The Balaban J connectivity index is 2.15. The van der Waals surface area contributed by atoms with Gasteiger partial charge in [-0.05, 0) is 31.0 Å². The Morgan fingerprint density at radius 2 is 2.19 bits per heavy atom. The van der Waals surface area contributed by atoms with Crippen LogP contribution in [0.15, 0.2) is 24.4 Å². The van der Waals surface area contributed by atoms with Crippen molar-refractivity contribution in [3.8, 4) is 0 Å². The molecule has 2 aromatic rings. The van der Waals surface area contributed by atoms with Gasteiger partial charge in [-0.15, -0.1) is 10.8 Å². The molecule has 0 atom stereocenters. The molecule has 1 fully saturated rings. The van der Waals surface area contributed by atoms with Crippen LogP contribution in [0.5, 0.6) is 0 Å². The summed E-state index contributed by atoms with van der Waals surface area (Å²) in [5.74, 6) is -0.0808. The number of rotatable bonds is 2. The third-order valence-electron chi connectivity index (χ3n) is 3.72. The second kappa shape index (κ2) is 5.25.